The molecule has 1 aromatic heterocycles. The Bertz CT molecular complexity index is 738. The van der Waals surface area contributed by atoms with E-state index in [0.29, 0.717) is 11.3 Å². The Hall–Kier alpha value is -2.48. The van der Waals surface area contributed by atoms with Gasteiger partial charge in [0.05, 0.1) is 6.54 Å². The maximum absolute atomic E-state index is 12.0. The third-order valence-corrected chi connectivity index (χ3v) is 3.70. The van der Waals surface area contributed by atoms with Gasteiger partial charge >= 0.3 is 0 Å². The lowest BCUT2D eigenvalue weighted by Gasteiger charge is -2.08. The standard InChI is InChI=1S/C16H21N5O2S/c1-2-6-13-19-20-16(24)21(13)11-15(23)18-10-14(22)17-9-12-7-4-3-5-8-12/h3-5,7-8H,2,6,9-11H2,1H3,(H,17,22)(H,18,23)(H,20,24). The lowest BCUT2D eigenvalue weighted by molar-refractivity contribution is -0.126. The van der Waals surface area contributed by atoms with E-state index in [-0.39, 0.29) is 24.9 Å². The molecular weight excluding hydrogens is 326 g/mol. The highest BCUT2D eigenvalue weighted by atomic mass is 32.1. The number of rotatable bonds is 8. The molecule has 0 aliphatic carbocycles. The van der Waals surface area contributed by atoms with E-state index < -0.39 is 0 Å². The summed E-state index contributed by atoms with van der Waals surface area (Å²) in [6, 6.07) is 9.58. The first-order chi connectivity index (χ1) is 11.6. The monoisotopic (exact) mass is 347 g/mol. The summed E-state index contributed by atoms with van der Waals surface area (Å²) < 4.78 is 2.05. The van der Waals surface area contributed by atoms with Crippen LogP contribution in [0, 0.1) is 4.77 Å². The summed E-state index contributed by atoms with van der Waals surface area (Å²) in [5, 5.41) is 12.1. The van der Waals surface area contributed by atoms with Crippen LogP contribution < -0.4 is 10.6 Å². The van der Waals surface area contributed by atoms with Gasteiger partial charge in [-0.2, -0.15) is 5.10 Å². The Labute approximate surface area is 145 Å². The van der Waals surface area contributed by atoms with E-state index in [0.717, 1.165) is 24.2 Å². The second-order valence-corrected chi connectivity index (χ2v) is 5.71. The number of aromatic amines is 1. The summed E-state index contributed by atoms with van der Waals surface area (Å²) in [5.74, 6) is 0.225. The Kier molecular flexibility index (Phi) is 6.68. The molecule has 1 heterocycles. The number of nitrogens with one attached hydrogen (secondary N) is 3. The Balaban J connectivity index is 1.78. The van der Waals surface area contributed by atoms with Crippen LogP contribution in [0.25, 0.3) is 0 Å². The first kappa shape index (κ1) is 17.9. The van der Waals surface area contributed by atoms with Crippen LogP contribution in [0.1, 0.15) is 24.7 Å². The minimum Gasteiger partial charge on any atom is -0.350 e. The number of aromatic nitrogens is 3. The smallest absolute Gasteiger partial charge is 0.240 e. The molecule has 0 spiro atoms. The molecule has 2 amide bonds. The van der Waals surface area contributed by atoms with Gasteiger partial charge in [-0.1, -0.05) is 37.3 Å². The first-order valence-electron chi connectivity index (χ1n) is 7.81. The fourth-order valence-electron chi connectivity index (χ4n) is 2.17. The third-order valence-electron chi connectivity index (χ3n) is 3.39. The van der Waals surface area contributed by atoms with E-state index >= 15 is 0 Å². The topological polar surface area (TPSA) is 91.8 Å². The number of H-pyrrole nitrogens is 1. The molecule has 24 heavy (non-hydrogen) atoms. The highest BCUT2D eigenvalue weighted by Gasteiger charge is 2.11. The number of hydrogen-bond donors (Lipinski definition) is 3. The van der Waals surface area contributed by atoms with Crippen molar-refractivity contribution >= 4 is 24.0 Å². The molecule has 0 saturated heterocycles. The van der Waals surface area contributed by atoms with Crippen molar-refractivity contribution < 1.29 is 9.59 Å². The molecule has 128 valence electrons. The molecule has 0 bridgehead atoms. The molecule has 3 N–H and O–H groups in total. The summed E-state index contributed by atoms with van der Waals surface area (Å²) in [7, 11) is 0. The van der Waals surface area contributed by atoms with Crippen molar-refractivity contribution in [2.24, 2.45) is 0 Å². The Morgan fingerprint density at radius 1 is 1.21 bits per heavy atom. The van der Waals surface area contributed by atoms with Gasteiger partial charge in [-0.25, -0.2) is 0 Å². The molecule has 0 aliphatic rings. The lowest BCUT2D eigenvalue weighted by atomic mass is 10.2. The van der Waals surface area contributed by atoms with E-state index in [1.165, 1.54) is 0 Å². The van der Waals surface area contributed by atoms with Crippen molar-refractivity contribution in [2.45, 2.75) is 32.9 Å². The molecule has 7 nitrogen and oxygen atoms in total. The zero-order chi connectivity index (χ0) is 17.4. The molecule has 0 radical (unpaired) electrons. The predicted molar refractivity (Wildman–Crippen MR) is 92.7 cm³/mol. The number of amides is 2. The van der Waals surface area contributed by atoms with Crippen LogP contribution in [0.2, 0.25) is 0 Å². The van der Waals surface area contributed by atoms with E-state index in [1.807, 2.05) is 37.3 Å². The van der Waals surface area contributed by atoms with E-state index in [9.17, 15) is 9.59 Å². The molecule has 0 atom stereocenters. The number of carbonyl (C=O) groups excluding carboxylic acids is 2. The SMILES string of the molecule is CCCc1n[nH]c(=S)n1CC(=O)NCC(=O)NCc1ccccc1. The molecule has 0 unspecified atom stereocenters. The van der Waals surface area contributed by atoms with E-state index in [1.54, 1.807) is 4.57 Å². The van der Waals surface area contributed by atoms with Crippen molar-refractivity contribution in [3.8, 4) is 0 Å². The summed E-state index contributed by atoms with van der Waals surface area (Å²) in [4.78, 5) is 23.8. The summed E-state index contributed by atoms with van der Waals surface area (Å²) in [5.41, 5.74) is 1.01. The van der Waals surface area contributed by atoms with Crippen molar-refractivity contribution in [1.82, 2.24) is 25.4 Å². The maximum Gasteiger partial charge on any atom is 0.240 e. The number of aryl methyl sites for hydroxylation is 1. The van der Waals surface area contributed by atoms with Crippen molar-refractivity contribution in [2.75, 3.05) is 6.54 Å². The van der Waals surface area contributed by atoms with Crippen LogP contribution in [0.3, 0.4) is 0 Å². The summed E-state index contributed by atoms with van der Waals surface area (Å²) >= 11 is 5.12. The largest absolute Gasteiger partial charge is 0.350 e. The lowest BCUT2D eigenvalue weighted by Crippen LogP contribution is -2.38. The van der Waals surface area contributed by atoms with Crippen molar-refractivity contribution in [1.29, 1.82) is 0 Å². The van der Waals surface area contributed by atoms with E-state index in [2.05, 4.69) is 20.8 Å². The van der Waals surface area contributed by atoms with Crippen LogP contribution >= 0.6 is 12.2 Å². The molecule has 2 rings (SSSR count). The van der Waals surface area contributed by atoms with Gasteiger partial charge in [0.15, 0.2) is 4.77 Å². The number of nitrogens with zero attached hydrogens (tertiary/aromatic N) is 2. The number of benzene rings is 1. The summed E-state index contributed by atoms with van der Waals surface area (Å²) in [6.07, 6.45) is 1.64. The van der Waals surface area contributed by atoms with E-state index in [4.69, 9.17) is 12.2 Å². The molecule has 8 heteroatoms. The number of hydrogen-bond acceptors (Lipinski definition) is 4. The fraction of sp³-hybridized carbons (Fsp3) is 0.375. The predicted octanol–water partition coefficient (Wildman–Crippen LogP) is 1.33. The highest BCUT2D eigenvalue weighted by molar-refractivity contribution is 7.71. The fourth-order valence-corrected chi connectivity index (χ4v) is 2.38. The minimum atomic E-state index is -0.278. The van der Waals surface area contributed by atoms with Gasteiger partial charge in [0.1, 0.15) is 12.4 Å². The van der Waals surface area contributed by atoms with Crippen molar-refractivity contribution in [3.63, 3.8) is 0 Å². The van der Waals surface area contributed by atoms with Crippen LogP contribution in [0.5, 0.6) is 0 Å². The molecule has 0 fully saturated rings. The average molecular weight is 347 g/mol. The van der Waals surface area contributed by atoms with Crippen LogP contribution in [0.4, 0.5) is 0 Å². The third kappa shape index (κ3) is 5.31. The van der Waals surface area contributed by atoms with Gasteiger partial charge < -0.3 is 10.6 Å². The van der Waals surface area contributed by atoms with Crippen LogP contribution in [0.15, 0.2) is 30.3 Å². The second-order valence-electron chi connectivity index (χ2n) is 5.32. The van der Waals surface area contributed by atoms with Gasteiger partial charge in [0.2, 0.25) is 11.8 Å². The molecule has 1 aromatic carbocycles. The average Bonchev–Trinajstić information content (AvgIpc) is 2.93. The number of carbonyl (C=O) groups is 2. The zero-order valence-electron chi connectivity index (χ0n) is 13.5. The first-order valence-corrected chi connectivity index (χ1v) is 8.22. The maximum atomic E-state index is 12.0. The van der Waals surface area contributed by atoms with Crippen LogP contribution in [-0.4, -0.2) is 33.1 Å². The zero-order valence-corrected chi connectivity index (χ0v) is 14.4. The van der Waals surface area contributed by atoms with Crippen LogP contribution in [-0.2, 0) is 29.1 Å². The molecule has 0 saturated carbocycles. The van der Waals surface area contributed by atoms with Crippen molar-refractivity contribution in [3.05, 3.63) is 46.5 Å². The van der Waals surface area contributed by atoms with Gasteiger partial charge in [-0.3, -0.25) is 19.3 Å². The second kappa shape index (κ2) is 8.97. The molecular formula is C16H21N5O2S. The summed E-state index contributed by atoms with van der Waals surface area (Å²) in [6.45, 7) is 2.44. The quantitative estimate of drug-likeness (QED) is 0.628. The molecule has 0 aliphatic heterocycles. The minimum absolute atomic E-state index is 0.0522. The normalized spacial score (nSPS) is 10.4. The van der Waals surface area contributed by atoms with Gasteiger partial charge in [0.25, 0.3) is 0 Å². The highest BCUT2D eigenvalue weighted by Crippen LogP contribution is 2.01. The van der Waals surface area contributed by atoms with Gasteiger partial charge in [-0.05, 0) is 24.2 Å². The molecule has 2 aromatic rings. The Morgan fingerprint density at radius 3 is 2.67 bits per heavy atom. The Morgan fingerprint density at radius 2 is 1.96 bits per heavy atom. The van der Waals surface area contributed by atoms with Gasteiger partial charge in [0, 0.05) is 13.0 Å². The van der Waals surface area contributed by atoms with Gasteiger partial charge in [-0.15, -0.1) is 0 Å².